The molecule has 1 saturated heterocycles. The minimum atomic E-state index is -4.72. The van der Waals surface area contributed by atoms with Gasteiger partial charge in [-0.25, -0.2) is 4.79 Å². The number of hydrogen-bond donors (Lipinski definition) is 3. The number of ether oxygens (including phenoxy) is 1. The zero-order chi connectivity index (χ0) is 20.9. The van der Waals surface area contributed by atoms with E-state index in [2.05, 4.69) is 16.0 Å². The van der Waals surface area contributed by atoms with Gasteiger partial charge in [0.2, 0.25) is 0 Å². The van der Waals surface area contributed by atoms with E-state index < -0.39 is 35.5 Å². The van der Waals surface area contributed by atoms with Crippen LogP contribution in [0.25, 0.3) is 0 Å². The van der Waals surface area contributed by atoms with Crippen LogP contribution in [0.1, 0.15) is 24.0 Å². The molecule has 0 aliphatic carbocycles. The van der Waals surface area contributed by atoms with Gasteiger partial charge in [0.05, 0.1) is 11.3 Å². The number of rotatable bonds is 5. The Morgan fingerprint density at radius 3 is 2.48 bits per heavy atom. The number of alkyl halides is 3. The standard InChI is InChI=1S/C20H20F3N3O3/c21-20(22,23)15-11-14(25-18(27)17-7-4-10-29-17)8-9-16(15)26-19(28)24-12-13-5-2-1-3-6-13/h1-3,5-6,8-9,11,17H,4,7,10,12H2,(H,25,27)(H2,24,26,28). The van der Waals surface area contributed by atoms with Gasteiger partial charge in [-0.3, -0.25) is 4.79 Å². The minimum Gasteiger partial charge on any atom is -0.368 e. The van der Waals surface area contributed by atoms with Crippen molar-refractivity contribution in [3.8, 4) is 0 Å². The van der Waals surface area contributed by atoms with Gasteiger partial charge in [-0.1, -0.05) is 30.3 Å². The molecule has 154 valence electrons. The Kier molecular flexibility index (Phi) is 6.38. The number of urea groups is 1. The van der Waals surface area contributed by atoms with E-state index in [4.69, 9.17) is 4.74 Å². The van der Waals surface area contributed by atoms with E-state index in [9.17, 15) is 22.8 Å². The molecule has 0 saturated carbocycles. The number of nitrogens with one attached hydrogen (secondary N) is 3. The second-order valence-corrected chi connectivity index (χ2v) is 6.54. The smallest absolute Gasteiger partial charge is 0.368 e. The fourth-order valence-electron chi connectivity index (χ4n) is 2.92. The quantitative estimate of drug-likeness (QED) is 0.697. The molecule has 1 aliphatic heterocycles. The molecule has 9 heteroatoms. The van der Waals surface area contributed by atoms with Crippen LogP contribution in [-0.4, -0.2) is 24.6 Å². The lowest BCUT2D eigenvalue weighted by Crippen LogP contribution is -2.29. The van der Waals surface area contributed by atoms with Gasteiger partial charge in [-0.2, -0.15) is 13.2 Å². The van der Waals surface area contributed by atoms with Crippen molar-refractivity contribution in [1.82, 2.24) is 5.32 Å². The Morgan fingerprint density at radius 2 is 1.83 bits per heavy atom. The Bertz CT molecular complexity index is 866. The summed E-state index contributed by atoms with van der Waals surface area (Å²) < 4.78 is 45.6. The molecule has 3 N–H and O–H groups in total. The summed E-state index contributed by atoms with van der Waals surface area (Å²) in [6, 6.07) is 11.4. The predicted octanol–water partition coefficient (Wildman–Crippen LogP) is 4.14. The molecule has 2 aromatic rings. The number of carbonyl (C=O) groups excluding carboxylic acids is 2. The first-order valence-electron chi connectivity index (χ1n) is 9.05. The summed E-state index contributed by atoms with van der Waals surface area (Å²) in [4.78, 5) is 24.1. The molecule has 1 heterocycles. The first-order valence-corrected chi connectivity index (χ1v) is 9.05. The normalized spacial score (nSPS) is 16.3. The first kappa shape index (κ1) is 20.7. The van der Waals surface area contributed by atoms with Crippen LogP contribution in [0.4, 0.5) is 29.3 Å². The topological polar surface area (TPSA) is 79.5 Å². The summed E-state index contributed by atoms with van der Waals surface area (Å²) in [5, 5.41) is 7.15. The SMILES string of the molecule is O=C(NCc1ccccc1)Nc1ccc(NC(=O)C2CCCO2)cc1C(F)(F)F. The molecule has 0 spiro atoms. The Labute approximate surface area is 165 Å². The van der Waals surface area contributed by atoms with Crippen molar-refractivity contribution in [2.45, 2.75) is 31.7 Å². The number of benzene rings is 2. The lowest BCUT2D eigenvalue weighted by atomic mass is 10.1. The second kappa shape index (κ2) is 8.95. The van der Waals surface area contributed by atoms with Gasteiger partial charge in [0.15, 0.2) is 0 Å². The molecule has 0 aromatic heterocycles. The first-order chi connectivity index (χ1) is 13.8. The fourth-order valence-corrected chi connectivity index (χ4v) is 2.92. The second-order valence-electron chi connectivity index (χ2n) is 6.54. The Balaban J connectivity index is 1.68. The highest BCUT2D eigenvalue weighted by Crippen LogP contribution is 2.36. The Hall–Kier alpha value is -3.07. The van der Waals surface area contributed by atoms with Gasteiger partial charge in [0.1, 0.15) is 6.10 Å². The van der Waals surface area contributed by atoms with Crippen LogP contribution < -0.4 is 16.0 Å². The van der Waals surface area contributed by atoms with Crippen LogP contribution in [0.5, 0.6) is 0 Å². The van der Waals surface area contributed by atoms with Crippen molar-refractivity contribution in [2.24, 2.45) is 0 Å². The predicted molar refractivity (Wildman–Crippen MR) is 101 cm³/mol. The van der Waals surface area contributed by atoms with Crippen LogP contribution >= 0.6 is 0 Å². The van der Waals surface area contributed by atoms with E-state index in [-0.39, 0.29) is 12.2 Å². The molecule has 0 bridgehead atoms. The van der Waals surface area contributed by atoms with Crippen molar-refractivity contribution in [3.05, 3.63) is 59.7 Å². The van der Waals surface area contributed by atoms with Gasteiger partial charge in [0.25, 0.3) is 5.91 Å². The molecule has 1 aliphatic rings. The molecule has 6 nitrogen and oxygen atoms in total. The molecule has 0 radical (unpaired) electrons. The van der Waals surface area contributed by atoms with Crippen LogP contribution in [0, 0.1) is 0 Å². The third kappa shape index (κ3) is 5.71. The van der Waals surface area contributed by atoms with Crippen LogP contribution in [0.2, 0.25) is 0 Å². The van der Waals surface area contributed by atoms with Gasteiger partial charge < -0.3 is 20.7 Å². The maximum Gasteiger partial charge on any atom is 0.418 e. The third-order valence-electron chi connectivity index (χ3n) is 4.36. The summed E-state index contributed by atoms with van der Waals surface area (Å²) in [6.07, 6.45) is -4.12. The average Bonchev–Trinajstić information content (AvgIpc) is 3.22. The van der Waals surface area contributed by atoms with Gasteiger partial charge in [0, 0.05) is 18.8 Å². The number of carbonyl (C=O) groups is 2. The monoisotopic (exact) mass is 407 g/mol. The lowest BCUT2D eigenvalue weighted by molar-refractivity contribution is -0.137. The van der Waals surface area contributed by atoms with Crippen molar-refractivity contribution in [2.75, 3.05) is 17.2 Å². The summed E-state index contributed by atoms with van der Waals surface area (Å²) in [5.74, 6) is -0.489. The van der Waals surface area contributed by atoms with Crippen molar-refractivity contribution in [1.29, 1.82) is 0 Å². The van der Waals surface area contributed by atoms with E-state index in [1.165, 1.54) is 6.07 Å². The summed E-state index contributed by atoms with van der Waals surface area (Å²) in [5.41, 5.74) is -0.672. The number of amides is 3. The van der Waals surface area contributed by atoms with E-state index >= 15 is 0 Å². The molecule has 1 atom stereocenters. The van der Waals surface area contributed by atoms with Crippen molar-refractivity contribution >= 4 is 23.3 Å². The highest BCUT2D eigenvalue weighted by Gasteiger charge is 2.34. The van der Waals surface area contributed by atoms with E-state index in [0.717, 1.165) is 24.1 Å². The molecular weight excluding hydrogens is 387 g/mol. The Morgan fingerprint density at radius 1 is 1.07 bits per heavy atom. The summed E-state index contributed by atoms with van der Waals surface area (Å²) in [7, 11) is 0. The summed E-state index contributed by atoms with van der Waals surface area (Å²) in [6.45, 7) is 0.621. The zero-order valence-corrected chi connectivity index (χ0v) is 15.4. The highest BCUT2D eigenvalue weighted by molar-refractivity contribution is 5.95. The largest absolute Gasteiger partial charge is 0.418 e. The minimum absolute atomic E-state index is 0.0203. The number of hydrogen-bond acceptors (Lipinski definition) is 3. The zero-order valence-electron chi connectivity index (χ0n) is 15.4. The molecule has 3 amide bonds. The fraction of sp³-hybridized carbons (Fsp3) is 0.300. The van der Waals surface area contributed by atoms with Crippen molar-refractivity contribution < 1.29 is 27.5 Å². The molecular formula is C20H20F3N3O3. The van der Waals surface area contributed by atoms with Gasteiger partial charge in [-0.05, 0) is 36.6 Å². The molecule has 29 heavy (non-hydrogen) atoms. The van der Waals surface area contributed by atoms with E-state index in [0.29, 0.717) is 13.0 Å². The van der Waals surface area contributed by atoms with Crippen LogP contribution in [-0.2, 0) is 22.3 Å². The van der Waals surface area contributed by atoms with Crippen molar-refractivity contribution in [3.63, 3.8) is 0 Å². The molecule has 3 rings (SSSR count). The van der Waals surface area contributed by atoms with E-state index in [1.54, 1.807) is 24.3 Å². The van der Waals surface area contributed by atoms with Gasteiger partial charge in [-0.15, -0.1) is 0 Å². The van der Waals surface area contributed by atoms with Crippen LogP contribution in [0.3, 0.4) is 0 Å². The van der Waals surface area contributed by atoms with E-state index in [1.807, 2.05) is 6.07 Å². The maximum absolute atomic E-state index is 13.5. The molecule has 1 unspecified atom stereocenters. The molecule has 1 fully saturated rings. The third-order valence-corrected chi connectivity index (χ3v) is 4.36. The number of anilines is 2. The summed E-state index contributed by atoms with van der Waals surface area (Å²) >= 11 is 0. The maximum atomic E-state index is 13.5. The molecule has 2 aromatic carbocycles. The lowest BCUT2D eigenvalue weighted by Gasteiger charge is -2.17. The average molecular weight is 407 g/mol. The van der Waals surface area contributed by atoms with Gasteiger partial charge >= 0.3 is 12.2 Å². The number of halogens is 3. The van der Waals surface area contributed by atoms with Crippen LogP contribution in [0.15, 0.2) is 48.5 Å². The highest BCUT2D eigenvalue weighted by atomic mass is 19.4.